The van der Waals surface area contributed by atoms with Gasteiger partial charge in [-0.05, 0) is 48.9 Å². The number of rotatable bonds is 10. The van der Waals surface area contributed by atoms with Crippen molar-refractivity contribution >= 4 is 19.6 Å². The zero-order valence-corrected chi connectivity index (χ0v) is 17.9. The highest BCUT2D eigenvalue weighted by molar-refractivity contribution is 8.03. The van der Waals surface area contributed by atoms with Gasteiger partial charge in [0.2, 0.25) is 0 Å². The number of hydrogen-bond donors (Lipinski definition) is 0. The molecule has 0 aliphatic heterocycles. The molecule has 0 bridgehead atoms. The van der Waals surface area contributed by atoms with Crippen molar-refractivity contribution in [2.75, 3.05) is 0 Å². The molecule has 0 atom stereocenters. The first-order valence-electron chi connectivity index (χ1n) is 9.39. The van der Waals surface area contributed by atoms with Gasteiger partial charge >= 0.3 is 7.82 Å². The molecule has 0 heterocycles. The second-order valence-corrected chi connectivity index (χ2v) is 8.59. The minimum Gasteiger partial charge on any atom is -0.386 e. The predicted octanol–water partition coefficient (Wildman–Crippen LogP) is 7.70. The largest absolute Gasteiger partial charge is 0.647 e. The molecule has 0 aliphatic carbocycles. The van der Waals surface area contributed by atoms with Gasteiger partial charge < -0.3 is 13.6 Å². The molecule has 3 aromatic carbocycles. The van der Waals surface area contributed by atoms with Gasteiger partial charge in [0.05, 0.1) is 0 Å². The van der Waals surface area contributed by atoms with Gasteiger partial charge in [-0.15, -0.1) is 0 Å². The highest BCUT2D eigenvalue weighted by Crippen LogP contribution is 2.53. The molecule has 0 radical (unpaired) electrons. The molecule has 0 saturated heterocycles. The number of benzene rings is 3. The van der Waals surface area contributed by atoms with Crippen molar-refractivity contribution in [1.82, 2.24) is 0 Å². The summed E-state index contributed by atoms with van der Waals surface area (Å²) >= 11 is 1.38. The minimum absolute atomic E-state index is 0.409. The lowest BCUT2D eigenvalue weighted by atomic mass is 10.3. The highest BCUT2D eigenvalue weighted by Gasteiger charge is 2.34. The molecule has 0 saturated carbocycles. The first-order valence-corrected chi connectivity index (χ1v) is 11.7. The van der Waals surface area contributed by atoms with Crippen LogP contribution in [0.2, 0.25) is 0 Å². The highest BCUT2D eigenvalue weighted by atomic mass is 32.2. The van der Waals surface area contributed by atoms with Gasteiger partial charge in [0.25, 0.3) is 0 Å². The summed E-state index contributed by atoms with van der Waals surface area (Å²) in [6, 6.07) is 27.5. The van der Waals surface area contributed by atoms with E-state index >= 15 is 0 Å². The Bertz CT molecular complexity index is 901. The molecular weight excluding hydrogens is 403 g/mol. The minimum atomic E-state index is -3.99. The molecule has 150 valence electrons. The molecular formula is C23H23O4PS. The standard InChI is InChI=1S/C23H23O4PS/c1-2-3-19-23(29-22-17-11-6-12-18-22)27-28(24,25-20-13-7-4-8-14-20)26-21-15-9-5-10-16-21/h4-19H,2-3H2,1H3/b23-19+. The van der Waals surface area contributed by atoms with E-state index in [-0.39, 0.29) is 0 Å². The molecule has 0 amide bonds. The van der Waals surface area contributed by atoms with Crippen LogP contribution >= 0.6 is 19.6 Å². The Morgan fingerprint density at radius 1 is 0.828 bits per heavy atom. The van der Waals surface area contributed by atoms with Crippen molar-refractivity contribution in [2.24, 2.45) is 0 Å². The normalized spacial score (nSPS) is 11.7. The third kappa shape index (κ3) is 7.04. The lowest BCUT2D eigenvalue weighted by molar-refractivity contribution is 0.268. The number of phosphoric acid groups is 1. The molecule has 4 nitrogen and oxygen atoms in total. The molecule has 0 unspecified atom stereocenters. The molecule has 3 rings (SSSR count). The first kappa shape index (κ1) is 21.1. The van der Waals surface area contributed by atoms with Crippen molar-refractivity contribution in [2.45, 2.75) is 24.7 Å². The van der Waals surface area contributed by atoms with Crippen LogP contribution in [0.15, 0.2) is 107 Å². The summed E-state index contributed by atoms with van der Waals surface area (Å²) in [5, 5.41) is 0.480. The van der Waals surface area contributed by atoms with E-state index in [9.17, 15) is 4.57 Å². The number of allylic oxidation sites excluding steroid dienone is 1. The lowest BCUT2D eigenvalue weighted by Gasteiger charge is -2.20. The Balaban J connectivity index is 1.87. The van der Waals surface area contributed by atoms with E-state index in [1.165, 1.54) is 11.8 Å². The van der Waals surface area contributed by atoms with Gasteiger partial charge in [-0.2, -0.15) is 4.57 Å². The number of hydrogen-bond acceptors (Lipinski definition) is 5. The van der Waals surface area contributed by atoms with E-state index in [0.717, 1.165) is 17.7 Å². The SMILES string of the molecule is CCC/C=C(\OP(=O)(Oc1ccccc1)Oc1ccccc1)Sc1ccccc1. The topological polar surface area (TPSA) is 44.8 Å². The molecule has 0 spiro atoms. The van der Waals surface area contributed by atoms with Crippen LogP contribution < -0.4 is 9.05 Å². The van der Waals surface area contributed by atoms with Gasteiger partial charge in [-0.1, -0.05) is 79.7 Å². The van der Waals surface area contributed by atoms with Crippen molar-refractivity contribution < 1.29 is 18.1 Å². The Kier molecular flexibility index (Phi) is 7.85. The summed E-state index contributed by atoms with van der Waals surface area (Å²) in [6.45, 7) is 2.07. The molecule has 0 aliphatic rings. The fourth-order valence-corrected chi connectivity index (χ4v) is 4.67. The fourth-order valence-electron chi connectivity index (χ4n) is 2.35. The number of thioether (sulfide) groups is 1. The summed E-state index contributed by atoms with van der Waals surface area (Å²) in [7, 11) is -3.99. The monoisotopic (exact) mass is 426 g/mol. The quantitative estimate of drug-likeness (QED) is 0.189. The molecule has 29 heavy (non-hydrogen) atoms. The van der Waals surface area contributed by atoms with Crippen LogP contribution in [0.5, 0.6) is 11.5 Å². The van der Waals surface area contributed by atoms with E-state index in [2.05, 4.69) is 6.92 Å². The van der Waals surface area contributed by atoms with E-state index in [1.807, 2.05) is 48.5 Å². The van der Waals surface area contributed by atoms with Gasteiger partial charge in [-0.3, -0.25) is 0 Å². The maximum atomic E-state index is 13.6. The zero-order valence-electron chi connectivity index (χ0n) is 16.1. The van der Waals surface area contributed by atoms with Crippen LogP contribution in [0.3, 0.4) is 0 Å². The number of phosphoric ester groups is 1. The Hall–Kier alpha value is -2.62. The summed E-state index contributed by atoms with van der Waals surface area (Å²) in [5.41, 5.74) is 0. The van der Waals surface area contributed by atoms with Gasteiger partial charge in [-0.25, -0.2) is 0 Å². The summed E-state index contributed by atoms with van der Waals surface area (Å²) in [4.78, 5) is 0.973. The van der Waals surface area contributed by atoms with Crippen LogP contribution in [0, 0.1) is 0 Å². The van der Waals surface area contributed by atoms with Crippen LogP contribution in [-0.4, -0.2) is 0 Å². The van der Waals surface area contributed by atoms with Gasteiger partial charge in [0, 0.05) is 4.90 Å². The molecule has 0 fully saturated rings. The van der Waals surface area contributed by atoms with Crippen molar-refractivity contribution in [3.05, 3.63) is 102 Å². The number of para-hydroxylation sites is 2. The van der Waals surface area contributed by atoms with Crippen LogP contribution in [-0.2, 0) is 9.09 Å². The van der Waals surface area contributed by atoms with Crippen LogP contribution in [0.25, 0.3) is 0 Å². The van der Waals surface area contributed by atoms with Crippen molar-refractivity contribution in [3.8, 4) is 11.5 Å². The Labute approximate surface area is 176 Å². The van der Waals surface area contributed by atoms with Crippen LogP contribution in [0.1, 0.15) is 19.8 Å². The third-order valence-corrected chi connectivity index (χ3v) is 6.06. The first-order chi connectivity index (χ1) is 14.2. The van der Waals surface area contributed by atoms with Gasteiger partial charge in [0.1, 0.15) is 11.5 Å². The molecule has 6 heteroatoms. The van der Waals surface area contributed by atoms with Crippen LogP contribution in [0.4, 0.5) is 0 Å². The molecule has 3 aromatic rings. The Morgan fingerprint density at radius 3 is 1.79 bits per heavy atom. The summed E-state index contributed by atoms with van der Waals surface area (Å²) in [5.74, 6) is 0.817. The Morgan fingerprint density at radius 2 is 1.31 bits per heavy atom. The second kappa shape index (κ2) is 10.8. The maximum absolute atomic E-state index is 13.6. The lowest BCUT2D eigenvalue weighted by Crippen LogP contribution is -2.04. The second-order valence-electron chi connectivity index (χ2n) is 6.07. The van der Waals surface area contributed by atoms with E-state index < -0.39 is 7.82 Å². The van der Waals surface area contributed by atoms with E-state index in [4.69, 9.17) is 13.6 Å². The average Bonchev–Trinajstić information content (AvgIpc) is 2.74. The maximum Gasteiger partial charge on any atom is 0.647 e. The third-order valence-electron chi connectivity index (χ3n) is 3.68. The summed E-state index contributed by atoms with van der Waals surface area (Å²) < 4.78 is 30.9. The van der Waals surface area contributed by atoms with E-state index in [0.29, 0.717) is 16.6 Å². The zero-order chi connectivity index (χ0) is 20.4. The summed E-state index contributed by atoms with van der Waals surface area (Å²) in [6.07, 6.45) is 3.63. The fraction of sp³-hybridized carbons (Fsp3) is 0.130. The molecule has 0 aromatic heterocycles. The predicted molar refractivity (Wildman–Crippen MR) is 118 cm³/mol. The van der Waals surface area contributed by atoms with Crippen molar-refractivity contribution in [1.29, 1.82) is 0 Å². The number of unbranched alkanes of at least 4 members (excludes halogenated alkanes) is 1. The smallest absolute Gasteiger partial charge is 0.386 e. The van der Waals surface area contributed by atoms with E-state index in [1.54, 1.807) is 48.5 Å². The average molecular weight is 426 g/mol. The van der Waals surface area contributed by atoms with Crippen molar-refractivity contribution in [3.63, 3.8) is 0 Å². The van der Waals surface area contributed by atoms with Gasteiger partial charge in [0.15, 0.2) is 5.09 Å². The molecule has 0 N–H and O–H groups in total.